The fourth-order valence-electron chi connectivity index (χ4n) is 4.24. The Kier molecular flexibility index (Phi) is 9.03. The van der Waals surface area contributed by atoms with E-state index in [-0.39, 0.29) is 6.54 Å². The monoisotopic (exact) mass is 602 g/mol. The van der Waals surface area contributed by atoms with Crippen molar-refractivity contribution in [3.63, 3.8) is 0 Å². The lowest BCUT2D eigenvalue weighted by atomic mass is 10.0. The summed E-state index contributed by atoms with van der Waals surface area (Å²) in [4.78, 5) is 17.7. The van der Waals surface area contributed by atoms with Crippen molar-refractivity contribution in [2.45, 2.75) is 44.8 Å². The maximum absolute atomic E-state index is 13.2. The molecule has 43 heavy (non-hydrogen) atoms. The number of carbonyl (C=O) groups is 1. The van der Waals surface area contributed by atoms with Crippen LogP contribution in [0.5, 0.6) is 5.75 Å². The third kappa shape index (κ3) is 8.27. The average molecular weight is 603 g/mol. The van der Waals surface area contributed by atoms with Gasteiger partial charge in [0.2, 0.25) is 0 Å². The van der Waals surface area contributed by atoms with Crippen molar-refractivity contribution in [1.29, 1.82) is 0 Å². The molecule has 0 fully saturated rings. The molecule has 0 saturated carbocycles. The molecule has 5 nitrogen and oxygen atoms in total. The summed E-state index contributed by atoms with van der Waals surface area (Å²) in [5, 5.41) is 9.28. The second-order valence-corrected chi connectivity index (χ2v) is 10.4. The van der Waals surface area contributed by atoms with Crippen LogP contribution >= 0.6 is 0 Å². The van der Waals surface area contributed by atoms with Gasteiger partial charge in [0.1, 0.15) is 11.6 Å². The van der Waals surface area contributed by atoms with Crippen molar-refractivity contribution >= 4 is 11.8 Å². The summed E-state index contributed by atoms with van der Waals surface area (Å²) in [5.41, 5.74) is -0.636. The summed E-state index contributed by atoms with van der Waals surface area (Å²) in [6.07, 6.45) is -6.99. The van der Waals surface area contributed by atoms with Crippen LogP contribution in [0.3, 0.4) is 0 Å². The van der Waals surface area contributed by atoms with Crippen molar-refractivity contribution in [3.05, 3.63) is 113 Å². The topological polar surface area (TPSA) is 62.7 Å². The molecule has 0 bridgehead atoms. The van der Waals surface area contributed by atoms with Gasteiger partial charge in [0.05, 0.1) is 11.1 Å². The zero-order valence-electron chi connectivity index (χ0n) is 23.2. The molecule has 0 atom stereocenters. The second kappa shape index (κ2) is 12.4. The summed E-state index contributed by atoms with van der Waals surface area (Å²) in [7, 11) is 0. The zero-order valence-corrected chi connectivity index (χ0v) is 23.2. The number of rotatable bonds is 10. The van der Waals surface area contributed by atoms with Crippen molar-refractivity contribution in [3.8, 4) is 16.9 Å². The summed E-state index contributed by atoms with van der Waals surface area (Å²) in [6, 6.07) is 19.9. The largest absolute Gasteiger partial charge is 0.478 e. The van der Waals surface area contributed by atoms with Gasteiger partial charge in [-0.2, -0.15) is 26.3 Å². The van der Waals surface area contributed by atoms with Crippen molar-refractivity contribution in [2.24, 2.45) is 0 Å². The van der Waals surface area contributed by atoms with E-state index in [0.29, 0.717) is 41.2 Å². The summed E-state index contributed by atoms with van der Waals surface area (Å²) >= 11 is 0. The minimum Gasteiger partial charge on any atom is -0.478 e. The smallest absolute Gasteiger partial charge is 0.416 e. The highest BCUT2D eigenvalue weighted by molar-refractivity contribution is 5.76. The van der Waals surface area contributed by atoms with E-state index in [1.54, 1.807) is 42.5 Å². The first-order valence-electron chi connectivity index (χ1n) is 13.2. The predicted octanol–water partition coefficient (Wildman–Crippen LogP) is 8.28. The molecule has 0 aliphatic carbocycles. The lowest BCUT2D eigenvalue weighted by molar-refractivity contribution is -0.152. The van der Waals surface area contributed by atoms with Crippen LogP contribution in [-0.2, 0) is 30.1 Å². The molecule has 0 spiro atoms. The number of carboxylic acid groups (broad SMARTS) is 1. The standard InChI is InChI=1S/C32H28F6N2O3/c1-30(2,29(41)42)43-27-13-8-21(9-14-27)16-17-40(20-22-6-11-25(12-7-22)31(33,34)35)28-15-10-24(19-39-28)23-4-3-5-26(18-23)32(36,37)38/h3-15,18-19H,16-17,20H2,1-2H3,(H,41,42). The van der Waals surface area contributed by atoms with Crippen LogP contribution in [0, 0.1) is 0 Å². The molecule has 226 valence electrons. The number of aliphatic carboxylic acids is 1. The molecule has 1 heterocycles. The molecule has 0 amide bonds. The molecule has 0 aliphatic rings. The normalized spacial score (nSPS) is 12.2. The second-order valence-electron chi connectivity index (χ2n) is 10.4. The Bertz CT molecular complexity index is 1530. The molecule has 0 aliphatic heterocycles. The van der Waals surface area contributed by atoms with Crippen molar-refractivity contribution < 1.29 is 41.0 Å². The Labute approximate surface area is 244 Å². The van der Waals surface area contributed by atoms with Crippen LogP contribution in [-0.4, -0.2) is 28.2 Å². The summed E-state index contributed by atoms with van der Waals surface area (Å²) < 4.78 is 84.3. The quantitative estimate of drug-likeness (QED) is 0.185. The number of hydrogen-bond acceptors (Lipinski definition) is 4. The molecule has 0 radical (unpaired) electrons. The van der Waals surface area contributed by atoms with Crippen molar-refractivity contribution in [1.82, 2.24) is 4.98 Å². The zero-order chi connectivity index (χ0) is 31.4. The van der Waals surface area contributed by atoms with Gasteiger partial charge in [0, 0.05) is 24.8 Å². The minimum atomic E-state index is -4.49. The average Bonchev–Trinajstić information content (AvgIpc) is 2.95. The first-order chi connectivity index (χ1) is 20.1. The maximum atomic E-state index is 13.2. The number of carboxylic acids is 1. The van der Waals surface area contributed by atoms with Crippen LogP contribution in [0.4, 0.5) is 32.2 Å². The Hall–Kier alpha value is -4.54. The SMILES string of the molecule is CC(C)(Oc1ccc(CCN(Cc2ccc(C(F)(F)F)cc2)c2ccc(-c3cccc(C(F)(F)F)c3)cn2)cc1)C(=O)O. The van der Waals surface area contributed by atoms with E-state index < -0.39 is 35.0 Å². The summed E-state index contributed by atoms with van der Waals surface area (Å²) in [6.45, 7) is 3.50. The number of alkyl halides is 6. The minimum absolute atomic E-state index is 0.224. The molecule has 11 heteroatoms. The van der Waals surface area contributed by atoms with Gasteiger partial charge in [-0.1, -0.05) is 36.4 Å². The Balaban J connectivity index is 1.55. The van der Waals surface area contributed by atoms with Crippen LogP contribution in [0.25, 0.3) is 11.1 Å². The van der Waals surface area contributed by atoms with Crippen LogP contribution in [0.2, 0.25) is 0 Å². The lowest BCUT2D eigenvalue weighted by Crippen LogP contribution is -2.37. The molecular weight excluding hydrogens is 574 g/mol. The molecule has 0 unspecified atom stereocenters. The van der Waals surface area contributed by atoms with Gasteiger partial charge >= 0.3 is 18.3 Å². The Morgan fingerprint density at radius 3 is 1.98 bits per heavy atom. The third-order valence-electron chi connectivity index (χ3n) is 6.73. The van der Waals surface area contributed by atoms with Gasteiger partial charge in [0.15, 0.2) is 5.60 Å². The van der Waals surface area contributed by atoms with Crippen LogP contribution < -0.4 is 9.64 Å². The first-order valence-corrected chi connectivity index (χ1v) is 13.2. The van der Waals surface area contributed by atoms with E-state index in [1.807, 2.05) is 4.90 Å². The number of anilines is 1. The molecule has 4 rings (SSSR count). The first kappa shape index (κ1) is 31.4. The van der Waals surface area contributed by atoms with Gasteiger partial charge in [-0.25, -0.2) is 9.78 Å². The number of aromatic nitrogens is 1. The van der Waals surface area contributed by atoms with Gasteiger partial charge in [0.25, 0.3) is 0 Å². The van der Waals surface area contributed by atoms with Gasteiger partial charge in [-0.3, -0.25) is 0 Å². The Morgan fingerprint density at radius 2 is 1.42 bits per heavy atom. The third-order valence-corrected chi connectivity index (χ3v) is 6.73. The van der Waals surface area contributed by atoms with E-state index in [2.05, 4.69) is 4.98 Å². The molecule has 1 aromatic heterocycles. The van der Waals surface area contributed by atoms with E-state index in [0.717, 1.165) is 29.8 Å². The molecule has 0 saturated heterocycles. The van der Waals surface area contributed by atoms with Gasteiger partial charge < -0.3 is 14.7 Å². The molecular formula is C32H28F6N2O3. The highest BCUT2D eigenvalue weighted by Crippen LogP contribution is 2.33. The molecule has 4 aromatic rings. The summed E-state index contributed by atoms with van der Waals surface area (Å²) in [5.74, 6) is -0.245. The van der Waals surface area contributed by atoms with Gasteiger partial charge in [-0.15, -0.1) is 0 Å². The molecule has 3 aromatic carbocycles. The van der Waals surface area contributed by atoms with E-state index in [1.165, 1.54) is 38.2 Å². The van der Waals surface area contributed by atoms with Crippen LogP contribution in [0.15, 0.2) is 91.1 Å². The number of pyridine rings is 1. The van der Waals surface area contributed by atoms with E-state index in [4.69, 9.17) is 4.74 Å². The Morgan fingerprint density at radius 1 is 0.791 bits per heavy atom. The highest BCUT2D eigenvalue weighted by Gasteiger charge is 2.31. The molecule has 1 N–H and O–H groups in total. The fraction of sp³-hybridized carbons (Fsp3) is 0.250. The van der Waals surface area contributed by atoms with E-state index in [9.17, 15) is 36.2 Å². The highest BCUT2D eigenvalue weighted by atomic mass is 19.4. The number of benzene rings is 3. The number of halogens is 6. The fourth-order valence-corrected chi connectivity index (χ4v) is 4.24. The maximum Gasteiger partial charge on any atom is 0.416 e. The van der Waals surface area contributed by atoms with Crippen LogP contribution in [0.1, 0.15) is 36.1 Å². The van der Waals surface area contributed by atoms with E-state index >= 15 is 0 Å². The number of nitrogens with zero attached hydrogens (tertiary/aromatic N) is 2. The number of ether oxygens (including phenoxy) is 1. The lowest BCUT2D eigenvalue weighted by Gasteiger charge is -2.25. The number of hydrogen-bond donors (Lipinski definition) is 1. The predicted molar refractivity (Wildman–Crippen MR) is 150 cm³/mol. The van der Waals surface area contributed by atoms with Crippen molar-refractivity contribution in [2.75, 3.05) is 11.4 Å². The van der Waals surface area contributed by atoms with Gasteiger partial charge in [-0.05, 0) is 85.5 Å².